The van der Waals surface area contributed by atoms with Crippen molar-refractivity contribution in [2.24, 2.45) is 5.41 Å². The summed E-state index contributed by atoms with van der Waals surface area (Å²) in [4.78, 5) is 28.9. The van der Waals surface area contributed by atoms with Gasteiger partial charge in [-0.3, -0.25) is 14.6 Å². The summed E-state index contributed by atoms with van der Waals surface area (Å²) in [5.74, 6) is -0.956. The molecule has 1 aliphatic rings. The summed E-state index contributed by atoms with van der Waals surface area (Å²) in [5.41, 5.74) is 0.309. The number of pyridine rings is 1. The highest BCUT2D eigenvalue weighted by Crippen LogP contribution is 2.39. The van der Waals surface area contributed by atoms with E-state index in [4.69, 9.17) is 0 Å². The third kappa shape index (κ3) is 2.99. The molecule has 1 fully saturated rings. The number of aromatic nitrogens is 1. The number of hydrogen-bond acceptors (Lipinski definition) is 4. The Kier molecular flexibility index (Phi) is 4.16. The number of nitrogens with one attached hydrogen (secondary N) is 1. The van der Waals surface area contributed by atoms with Crippen LogP contribution in [0.25, 0.3) is 0 Å². The Morgan fingerprint density at radius 2 is 2.19 bits per heavy atom. The number of carbonyl (C=O) groups excluding carboxylic acids is 1. The molecule has 2 N–H and O–H groups in total. The van der Waals surface area contributed by atoms with E-state index in [0.717, 1.165) is 18.5 Å². The highest BCUT2D eigenvalue weighted by molar-refractivity contribution is 5.92. The average molecular weight is 291 g/mol. The number of aliphatic carboxylic acids is 1. The predicted molar refractivity (Wildman–Crippen MR) is 79.3 cm³/mol. The van der Waals surface area contributed by atoms with Crippen LogP contribution >= 0.6 is 0 Å². The van der Waals surface area contributed by atoms with Gasteiger partial charge in [-0.25, -0.2) is 0 Å². The van der Waals surface area contributed by atoms with Crippen LogP contribution in [-0.2, 0) is 4.79 Å². The van der Waals surface area contributed by atoms with Gasteiger partial charge in [-0.2, -0.15) is 0 Å². The molecule has 1 saturated carbocycles. The maximum Gasteiger partial charge on any atom is 0.311 e. The van der Waals surface area contributed by atoms with Gasteiger partial charge in [0.15, 0.2) is 0 Å². The first-order chi connectivity index (χ1) is 9.84. The maximum atomic E-state index is 11.9. The Hall–Kier alpha value is -2.11. The van der Waals surface area contributed by atoms with Crippen molar-refractivity contribution in [3.63, 3.8) is 0 Å². The lowest BCUT2D eigenvalue weighted by atomic mass is 9.85. The van der Waals surface area contributed by atoms with E-state index in [9.17, 15) is 14.7 Å². The highest BCUT2D eigenvalue weighted by atomic mass is 16.4. The van der Waals surface area contributed by atoms with Crippen LogP contribution < -0.4 is 5.32 Å². The van der Waals surface area contributed by atoms with Crippen molar-refractivity contribution in [2.45, 2.75) is 32.2 Å². The number of carboxylic acid groups (broad SMARTS) is 1. The van der Waals surface area contributed by atoms with Gasteiger partial charge in [0.1, 0.15) is 5.69 Å². The largest absolute Gasteiger partial charge is 0.481 e. The number of carboxylic acids is 1. The minimum Gasteiger partial charge on any atom is -0.481 e. The van der Waals surface area contributed by atoms with Crippen molar-refractivity contribution in [3.8, 4) is 0 Å². The molecule has 21 heavy (non-hydrogen) atoms. The third-order valence-corrected chi connectivity index (χ3v) is 4.17. The van der Waals surface area contributed by atoms with Crippen molar-refractivity contribution in [1.29, 1.82) is 0 Å². The fourth-order valence-electron chi connectivity index (χ4n) is 2.72. The molecular weight excluding hydrogens is 270 g/mol. The fourth-order valence-corrected chi connectivity index (χ4v) is 2.72. The zero-order valence-corrected chi connectivity index (χ0v) is 12.6. The van der Waals surface area contributed by atoms with Crippen LogP contribution in [0.4, 0.5) is 5.69 Å². The Labute approximate surface area is 124 Å². The van der Waals surface area contributed by atoms with Gasteiger partial charge in [0.25, 0.3) is 5.91 Å². The van der Waals surface area contributed by atoms with Crippen LogP contribution in [0.1, 0.15) is 36.7 Å². The molecule has 1 amide bonds. The second kappa shape index (κ2) is 5.71. The van der Waals surface area contributed by atoms with E-state index in [2.05, 4.69) is 10.3 Å². The second-order valence-corrected chi connectivity index (χ2v) is 5.94. The molecule has 1 heterocycles. The summed E-state index contributed by atoms with van der Waals surface area (Å²) < 4.78 is 0. The molecule has 1 aromatic heterocycles. The van der Waals surface area contributed by atoms with Gasteiger partial charge in [0.05, 0.1) is 5.41 Å². The van der Waals surface area contributed by atoms with Gasteiger partial charge in [-0.1, -0.05) is 6.42 Å². The first-order valence-electron chi connectivity index (χ1n) is 7.02. The summed E-state index contributed by atoms with van der Waals surface area (Å²) in [5, 5.41) is 12.7. The minimum atomic E-state index is -0.781. The molecule has 2 atom stereocenters. The monoisotopic (exact) mass is 291 g/mol. The Morgan fingerprint density at radius 3 is 2.81 bits per heavy atom. The molecule has 1 aliphatic carbocycles. The molecule has 0 aromatic carbocycles. The van der Waals surface area contributed by atoms with Crippen molar-refractivity contribution in [3.05, 3.63) is 24.0 Å². The third-order valence-electron chi connectivity index (χ3n) is 4.17. The molecule has 6 nitrogen and oxygen atoms in total. The van der Waals surface area contributed by atoms with Crippen LogP contribution in [0.3, 0.4) is 0 Å². The zero-order chi connectivity index (χ0) is 15.6. The van der Waals surface area contributed by atoms with Gasteiger partial charge in [-0.05, 0) is 31.9 Å². The molecule has 0 aliphatic heterocycles. The molecule has 2 rings (SSSR count). The number of anilines is 1. The van der Waals surface area contributed by atoms with Crippen LogP contribution in [-0.4, -0.2) is 47.0 Å². The Morgan fingerprint density at radius 1 is 1.48 bits per heavy atom. The lowest BCUT2D eigenvalue weighted by Crippen LogP contribution is -2.40. The van der Waals surface area contributed by atoms with E-state index in [1.807, 2.05) is 0 Å². The van der Waals surface area contributed by atoms with Crippen LogP contribution in [0.2, 0.25) is 0 Å². The topological polar surface area (TPSA) is 82.5 Å². The van der Waals surface area contributed by atoms with Crippen LogP contribution in [0.5, 0.6) is 0 Å². The molecule has 0 bridgehead atoms. The van der Waals surface area contributed by atoms with Gasteiger partial charge < -0.3 is 15.3 Å². The number of carbonyl (C=O) groups is 2. The summed E-state index contributed by atoms with van der Waals surface area (Å²) >= 11 is 0. The molecule has 0 radical (unpaired) electrons. The second-order valence-electron chi connectivity index (χ2n) is 5.94. The van der Waals surface area contributed by atoms with E-state index in [-0.39, 0.29) is 11.9 Å². The number of nitrogens with zero attached hydrogens (tertiary/aromatic N) is 2. The van der Waals surface area contributed by atoms with Crippen LogP contribution in [0, 0.1) is 5.41 Å². The lowest BCUT2D eigenvalue weighted by Gasteiger charge is -2.28. The maximum absolute atomic E-state index is 11.9. The fraction of sp³-hybridized carbons (Fsp3) is 0.533. The SMILES string of the molecule is CN(C)C(=O)c1cc(NC2CCCC2(C)C(=O)O)ccn1. The van der Waals surface area contributed by atoms with E-state index >= 15 is 0 Å². The van der Waals surface area contributed by atoms with Gasteiger partial charge in [-0.15, -0.1) is 0 Å². The highest BCUT2D eigenvalue weighted by Gasteiger charge is 2.45. The lowest BCUT2D eigenvalue weighted by molar-refractivity contribution is -0.147. The molecule has 114 valence electrons. The number of rotatable bonds is 4. The standard InChI is InChI=1S/C15H21N3O3/c1-15(14(20)21)7-4-5-12(15)17-10-6-8-16-11(9-10)13(19)18(2)3/h6,8-9,12H,4-5,7H2,1-3H3,(H,16,17)(H,20,21). The van der Waals surface area contributed by atoms with Crippen molar-refractivity contribution in [1.82, 2.24) is 9.88 Å². The molecule has 0 saturated heterocycles. The van der Waals surface area contributed by atoms with Gasteiger partial charge in [0, 0.05) is 32.0 Å². The molecule has 1 aromatic rings. The summed E-state index contributed by atoms with van der Waals surface area (Å²) in [6.45, 7) is 1.77. The number of amides is 1. The summed E-state index contributed by atoms with van der Waals surface area (Å²) in [7, 11) is 3.34. The Bertz CT molecular complexity index is 559. The molecule has 2 unspecified atom stereocenters. The van der Waals surface area contributed by atoms with E-state index < -0.39 is 11.4 Å². The molecular formula is C15H21N3O3. The minimum absolute atomic E-state index is 0.139. The first kappa shape index (κ1) is 15.3. The van der Waals surface area contributed by atoms with Crippen LogP contribution in [0.15, 0.2) is 18.3 Å². The van der Waals surface area contributed by atoms with Gasteiger partial charge >= 0.3 is 5.97 Å². The summed E-state index contributed by atoms with van der Waals surface area (Å²) in [6, 6.07) is 3.29. The van der Waals surface area contributed by atoms with Gasteiger partial charge in [0.2, 0.25) is 0 Å². The summed E-state index contributed by atoms with van der Waals surface area (Å²) in [6.07, 6.45) is 3.91. The average Bonchev–Trinajstić information content (AvgIpc) is 2.81. The molecule has 6 heteroatoms. The Balaban J connectivity index is 2.19. The zero-order valence-electron chi connectivity index (χ0n) is 12.6. The predicted octanol–water partition coefficient (Wildman–Crippen LogP) is 1.84. The quantitative estimate of drug-likeness (QED) is 0.884. The first-order valence-corrected chi connectivity index (χ1v) is 7.02. The van der Waals surface area contributed by atoms with E-state index in [1.54, 1.807) is 39.3 Å². The number of hydrogen-bond donors (Lipinski definition) is 2. The van der Waals surface area contributed by atoms with Crippen molar-refractivity contribution >= 4 is 17.6 Å². The van der Waals surface area contributed by atoms with Crippen molar-refractivity contribution in [2.75, 3.05) is 19.4 Å². The van der Waals surface area contributed by atoms with E-state index in [1.165, 1.54) is 4.90 Å². The molecule has 0 spiro atoms. The van der Waals surface area contributed by atoms with E-state index in [0.29, 0.717) is 12.1 Å². The smallest absolute Gasteiger partial charge is 0.311 e. The van der Waals surface area contributed by atoms with Crippen molar-refractivity contribution < 1.29 is 14.7 Å². The normalized spacial score (nSPS) is 24.6.